The number of carboxylic acid groups (broad SMARTS) is 1. The summed E-state index contributed by atoms with van der Waals surface area (Å²) < 4.78 is 0. The molecule has 0 saturated heterocycles. The first kappa shape index (κ1) is 9.68. The van der Waals surface area contributed by atoms with E-state index in [-0.39, 0.29) is 11.3 Å². The van der Waals surface area contributed by atoms with Gasteiger partial charge in [-0.05, 0) is 13.8 Å². The molecule has 0 aliphatic rings. The number of aliphatic hydroxyl groups is 1. The fourth-order valence-electron chi connectivity index (χ4n) is 0.658. The molecule has 0 aliphatic heterocycles. The van der Waals surface area contributed by atoms with Crippen molar-refractivity contribution in [2.24, 2.45) is 0 Å². The predicted molar refractivity (Wildman–Crippen MR) is 38.3 cm³/mol. The molecular formula is C7H10O4. The summed E-state index contributed by atoms with van der Waals surface area (Å²) in [5, 5.41) is 17.1. The van der Waals surface area contributed by atoms with E-state index in [9.17, 15) is 9.59 Å². The van der Waals surface area contributed by atoms with E-state index in [1.807, 2.05) is 0 Å². The van der Waals surface area contributed by atoms with Crippen molar-refractivity contribution in [3.63, 3.8) is 0 Å². The molecule has 0 radical (unpaired) electrons. The lowest BCUT2D eigenvalue weighted by Gasteiger charge is -1.99. The standard InChI is InChI=1S/C7H10O4/c1-4(8)6(5(2)9)3-7(10)11/h8H,3H2,1-2H3,(H,10,11). The number of aliphatic carboxylic acids is 1. The quantitative estimate of drug-likeness (QED) is 0.472. The second-order valence-corrected chi connectivity index (χ2v) is 2.19. The summed E-state index contributed by atoms with van der Waals surface area (Å²) in [5.41, 5.74) is -0.0440. The maximum Gasteiger partial charge on any atom is 0.308 e. The van der Waals surface area contributed by atoms with E-state index in [1.165, 1.54) is 13.8 Å². The highest BCUT2D eigenvalue weighted by Crippen LogP contribution is 2.07. The fraction of sp³-hybridized carbons (Fsp3) is 0.429. The third kappa shape index (κ3) is 3.40. The summed E-state index contributed by atoms with van der Waals surface area (Å²) in [6, 6.07) is 0. The van der Waals surface area contributed by atoms with Gasteiger partial charge in [0.1, 0.15) is 0 Å². The lowest BCUT2D eigenvalue weighted by molar-refractivity contribution is -0.137. The molecule has 0 aromatic carbocycles. The number of aliphatic hydroxyl groups excluding tert-OH is 1. The molecule has 0 atom stereocenters. The van der Waals surface area contributed by atoms with Crippen molar-refractivity contribution in [2.75, 3.05) is 0 Å². The van der Waals surface area contributed by atoms with Crippen molar-refractivity contribution in [1.29, 1.82) is 0 Å². The van der Waals surface area contributed by atoms with Gasteiger partial charge in [0.25, 0.3) is 0 Å². The van der Waals surface area contributed by atoms with E-state index in [1.54, 1.807) is 0 Å². The highest BCUT2D eigenvalue weighted by molar-refractivity contribution is 5.97. The summed E-state index contributed by atoms with van der Waals surface area (Å²) in [7, 11) is 0. The summed E-state index contributed by atoms with van der Waals surface area (Å²) in [5.74, 6) is -1.75. The molecule has 62 valence electrons. The zero-order valence-electron chi connectivity index (χ0n) is 6.42. The number of rotatable bonds is 3. The van der Waals surface area contributed by atoms with Gasteiger partial charge in [0.05, 0.1) is 12.2 Å². The minimum atomic E-state index is -1.12. The van der Waals surface area contributed by atoms with Crippen LogP contribution >= 0.6 is 0 Å². The van der Waals surface area contributed by atoms with Crippen LogP contribution in [0, 0.1) is 0 Å². The summed E-state index contributed by atoms with van der Waals surface area (Å²) in [4.78, 5) is 20.8. The number of Topliss-reactive ketones (excluding diaryl/α,β-unsaturated/α-hetero) is 1. The van der Waals surface area contributed by atoms with Crippen LogP contribution in [0.3, 0.4) is 0 Å². The highest BCUT2D eigenvalue weighted by Gasteiger charge is 2.11. The van der Waals surface area contributed by atoms with E-state index < -0.39 is 18.2 Å². The number of hydrogen-bond acceptors (Lipinski definition) is 3. The Balaban J connectivity index is 4.52. The van der Waals surface area contributed by atoms with Crippen LogP contribution in [0.1, 0.15) is 20.3 Å². The summed E-state index contributed by atoms with van der Waals surface area (Å²) in [6.45, 7) is 2.51. The number of carbonyl (C=O) groups is 2. The molecular weight excluding hydrogens is 148 g/mol. The molecule has 0 aromatic rings. The SMILES string of the molecule is CC(=O)C(CC(=O)O)=C(C)O. The van der Waals surface area contributed by atoms with Crippen LogP contribution in [0.2, 0.25) is 0 Å². The van der Waals surface area contributed by atoms with Gasteiger partial charge in [-0.25, -0.2) is 0 Å². The van der Waals surface area contributed by atoms with Crippen molar-refractivity contribution >= 4 is 11.8 Å². The fourth-order valence-corrected chi connectivity index (χ4v) is 0.658. The molecule has 0 amide bonds. The zero-order valence-corrected chi connectivity index (χ0v) is 6.42. The van der Waals surface area contributed by atoms with Gasteiger partial charge in [0, 0.05) is 5.57 Å². The molecule has 0 aliphatic carbocycles. The Hall–Kier alpha value is -1.32. The van der Waals surface area contributed by atoms with Crippen LogP contribution in [0.5, 0.6) is 0 Å². The van der Waals surface area contributed by atoms with Crippen LogP contribution < -0.4 is 0 Å². The second kappa shape index (κ2) is 3.75. The number of ketones is 1. The van der Waals surface area contributed by atoms with Gasteiger partial charge < -0.3 is 10.2 Å². The Bertz CT molecular complexity index is 210. The van der Waals surface area contributed by atoms with Gasteiger partial charge in [0.15, 0.2) is 5.78 Å². The highest BCUT2D eigenvalue weighted by atomic mass is 16.4. The molecule has 0 fully saturated rings. The summed E-state index contributed by atoms with van der Waals surface area (Å²) >= 11 is 0. The topological polar surface area (TPSA) is 74.6 Å². The Kier molecular flexibility index (Phi) is 3.30. The Morgan fingerprint density at radius 2 is 1.64 bits per heavy atom. The Morgan fingerprint density at radius 3 is 1.73 bits per heavy atom. The van der Waals surface area contributed by atoms with Crippen LogP contribution in [0.25, 0.3) is 0 Å². The molecule has 4 nitrogen and oxygen atoms in total. The van der Waals surface area contributed by atoms with Crippen LogP contribution in [0.15, 0.2) is 11.3 Å². The van der Waals surface area contributed by atoms with Gasteiger partial charge in [-0.15, -0.1) is 0 Å². The number of carboxylic acids is 1. The normalized spacial score (nSPS) is 12.2. The van der Waals surface area contributed by atoms with Crippen molar-refractivity contribution in [3.05, 3.63) is 11.3 Å². The first-order valence-electron chi connectivity index (χ1n) is 3.06. The zero-order chi connectivity index (χ0) is 9.02. The van der Waals surface area contributed by atoms with Crippen LogP contribution in [-0.4, -0.2) is 22.0 Å². The number of allylic oxidation sites excluding steroid dienone is 1. The van der Waals surface area contributed by atoms with Gasteiger partial charge in [0.2, 0.25) is 0 Å². The van der Waals surface area contributed by atoms with E-state index in [2.05, 4.69) is 0 Å². The third-order valence-corrected chi connectivity index (χ3v) is 1.19. The molecule has 0 aromatic heterocycles. The van der Waals surface area contributed by atoms with Crippen molar-refractivity contribution in [3.8, 4) is 0 Å². The van der Waals surface area contributed by atoms with Crippen molar-refractivity contribution in [1.82, 2.24) is 0 Å². The molecule has 0 bridgehead atoms. The van der Waals surface area contributed by atoms with Gasteiger partial charge in [-0.2, -0.15) is 0 Å². The molecule has 11 heavy (non-hydrogen) atoms. The number of carbonyl (C=O) groups excluding carboxylic acids is 1. The smallest absolute Gasteiger partial charge is 0.308 e. The Labute approximate surface area is 64.2 Å². The first-order chi connectivity index (χ1) is 4.95. The van der Waals surface area contributed by atoms with Crippen LogP contribution in [-0.2, 0) is 9.59 Å². The molecule has 4 heteroatoms. The van der Waals surface area contributed by atoms with Crippen LogP contribution in [0.4, 0.5) is 0 Å². The van der Waals surface area contributed by atoms with Crippen molar-refractivity contribution < 1.29 is 19.8 Å². The lowest BCUT2D eigenvalue weighted by atomic mass is 10.1. The lowest BCUT2D eigenvalue weighted by Crippen LogP contribution is -2.06. The second-order valence-electron chi connectivity index (χ2n) is 2.19. The molecule has 0 rings (SSSR count). The minimum absolute atomic E-state index is 0.0440. The van der Waals surface area contributed by atoms with E-state index in [0.29, 0.717) is 0 Å². The molecule has 0 unspecified atom stereocenters. The van der Waals surface area contributed by atoms with E-state index in [4.69, 9.17) is 10.2 Å². The largest absolute Gasteiger partial charge is 0.512 e. The van der Waals surface area contributed by atoms with E-state index >= 15 is 0 Å². The number of hydrogen-bond donors (Lipinski definition) is 2. The molecule has 0 heterocycles. The maximum absolute atomic E-state index is 10.6. The van der Waals surface area contributed by atoms with Gasteiger partial charge in [-0.1, -0.05) is 0 Å². The predicted octanol–water partition coefficient (Wildman–Crippen LogP) is 0.882. The monoisotopic (exact) mass is 158 g/mol. The molecule has 0 spiro atoms. The average molecular weight is 158 g/mol. The first-order valence-corrected chi connectivity index (χ1v) is 3.06. The maximum atomic E-state index is 10.6. The van der Waals surface area contributed by atoms with Crippen molar-refractivity contribution in [2.45, 2.75) is 20.3 Å². The summed E-state index contributed by atoms with van der Waals surface area (Å²) in [6.07, 6.45) is -0.419. The van der Waals surface area contributed by atoms with Gasteiger partial charge in [-0.3, -0.25) is 9.59 Å². The molecule has 2 N–H and O–H groups in total. The van der Waals surface area contributed by atoms with E-state index in [0.717, 1.165) is 0 Å². The van der Waals surface area contributed by atoms with Gasteiger partial charge >= 0.3 is 5.97 Å². The Morgan fingerprint density at radius 1 is 1.18 bits per heavy atom. The third-order valence-electron chi connectivity index (χ3n) is 1.19. The minimum Gasteiger partial charge on any atom is -0.512 e. The average Bonchev–Trinajstić information content (AvgIpc) is 1.81. The molecule has 0 saturated carbocycles.